The number of nitrogens with two attached hydrogens (primary N) is 3. The van der Waals surface area contributed by atoms with E-state index in [1.807, 2.05) is 0 Å². The summed E-state index contributed by atoms with van der Waals surface area (Å²) in [5, 5.41) is 8.87. The third kappa shape index (κ3) is 6.65. The molecule has 3 aliphatic rings. The van der Waals surface area contributed by atoms with E-state index in [9.17, 15) is 8.42 Å². The Bertz CT molecular complexity index is 1270. The van der Waals surface area contributed by atoms with Gasteiger partial charge in [-0.1, -0.05) is 35.0 Å². The second kappa shape index (κ2) is 11.3. The number of aliphatic hydroxyl groups excluding tert-OH is 1. The summed E-state index contributed by atoms with van der Waals surface area (Å²) in [7, 11) is -3.92. The van der Waals surface area contributed by atoms with Crippen molar-refractivity contribution in [2.24, 2.45) is 17.1 Å². The number of allylic oxidation sites excluding steroid dienone is 1. The molecule has 37 heavy (non-hydrogen) atoms. The molecule has 1 saturated heterocycles. The van der Waals surface area contributed by atoms with Gasteiger partial charge in [0.15, 0.2) is 5.82 Å². The number of nitrogens with zero attached hydrogens (tertiary/aromatic N) is 4. The zero-order valence-electron chi connectivity index (χ0n) is 20.3. The smallest absolute Gasteiger partial charge is 0.267 e. The molecule has 3 heterocycles. The number of aliphatic hydroxyl groups is 1. The van der Waals surface area contributed by atoms with E-state index in [2.05, 4.69) is 25.9 Å². The van der Waals surface area contributed by atoms with Gasteiger partial charge < -0.3 is 27.2 Å². The number of aromatic nitrogens is 3. The first-order valence-corrected chi connectivity index (χ1v) is 14.8. The van der Waals surface area contributed by atoms with Crippen LogP contribution in [0.3, 0.4) is 0 Å². The van der Waals surface area contributed by atoms with E-state index in [-0.39, 0.29) is 17.3 Å². The van der Waals surface area contributed by atoms with Gasteiger partial charge in [0.25, 0.3) is 10.1 Å². The summed E-state index contributed by atoms with van der Waals surface area (Å²) in [4.78, 5) is 16.2. The van der Waals surface area contributed by atoms with Gasteiger partial charge in [-0.2, -0.15) is 8.42 Å². The van der Waals surface area contributed by atoms with E-state index in [0.29, 0.717) is 15.9 Å². The third-order valence-electron chi connectivity index (χ3n) is 7.08. The average Bonchev–Trinajstić information content (AvgIpc) is 3.64. The predicted molar refractivity (Wildman–Crippen MR) is 145 cm³/mol. The zero-order chi connectivity index (χ0) is 26.8. The van der Waals surface area contributed by atoms with Crippen LogP contribution in [0.1, 0.15) is 32.1 Å². The number of rotatable bonds is 6. The molecule has 1 saturated carbocycles. The molecule has 202 valence electrons. The van der Waals surface area contributed by atoms with Crippen molar-refractivity contribution < 1.29 is 18.1 Å². The second-order valence-corrected chi connectivity index (χ2v) is 12.5. The third-order valence-corrected chi connectivity index (χ3v) is 9.36. The van der Waals surface area contributed by atoms with Crippen LogP contribution in [0.4, 0.5) is 17.5 Å². The zero-order valence-corrected chi connectivity index (χ0v) is 22.6. The molecule has 1 atom stereocenters. The molecule has 0 aromatic carbocycles. The molecule has 5 rings (SSSR count). The Morgan fingerprint density at radius 1 is 1.19 bits per heavy atom. The highest BCUT2D eigenvalue weighted by Gasteiger charge is 2.47. The fourth-order valence-electron chi connectivity index (χ4n) is 4.82. The molecule has 0 radical (unpaired) electrons. The predicted octanol–water partition coefficient (Wildman–Crippen LogP) is 2.36. The van der Waals surface area contributed by atoms with Crippen molar-refractivity contribution in [3.05, 3.63) is 35.1 Å². The van der Waals surface area contributed by atoms with E-state index >= 15 is 0 Å². The van der Waals surface area contributed by atoms with Gasteiger partial charge in [-0.3, -0.25) is 4.55 Å². The molecule has 0 bridgehead atoms. The molecule has 1 aliphatic heterocycles. The first-order chi connectivity index (χ1) is 17.5. The minimum Gasteiger partial charge on any atom is -0.395 e. The molecule has 8 N–H and O–H groups in total. The lowest BCUT2D eigenvalue weighted by atomic mass is 9.72. The Kier molecular flexibility index (Phi) is 8.51. The standard InChI is InChI=1S/C21H26ClN7S.C2H6O4S/c22-16-14(4-8-26-18(16)24)30-20-19(25)28-15(11-27-20)29-9-6-21(7-10-29)5-3-13(17(21)23)12-1-2-12;3-1-2-7(4,5)6/h3-4,8,11-12,17H,1-2,5-7,9-10,23H2,(H2,24,26)(H2,25,28);3H,1-2H2,(H,4,5,6)/t17-;/m1./s1. The van der Waals surface area contributed by atoms with Crippen molar-refractivity contribution in [1.29, 1.82) is 0 Å². The summed E-state index contributed by atoms with van der Waals surface area (Å²) in [6.45, 7) is 1.32. The number of nitrogen functional groups attached to an aromatic ring is 2. The topological polar surface area (TPSA) is 195 Å². The van der Waals surface area contributed by atoms with Crippen LogP contribution in [-0.4, -0.2) is 64.5 Å². The number of hydrogen-bond acceptors (Lipinski definition) is 11. The monoisotopic (exact) mass is 569 g/mol. The van der Waals surface area contributed by atoms with Gasteiger partial charge in [-0.25, -0.2) is 15.0 Å². The lowest BCUT2D eigenvalue weighted by Crippen LogP contribution is -2.48. The largest absolute Gasteiger partial charge is 0.395 e. The molecule has 2 aromatic heterocycles. The fraction of sp³-hybridized carbons (Fsp3) is 0.522. The maximum atomic E-state index is 9.63. The van der Waals surface area contributed by atoms with E-state index in [1.54, 1.807) is 18.5 Å². The molecule has 2 aromatic rings. The Morgan fingerprint density at radius 3 is 2.46 bits per heavy atom. The van der Waals surface area contributed by atoms with Crippen molar-refractivity contribution in [3.63, 3.8) is 0 Å². The quantitative estimate of drug-likeness (QED) is 0.252. The van der Waals surface area contributed by atoms with Crippen molar-refractivity contribution in [3.8, 4) is 0 Å². The number of halogens is 1. The van der Waals surface area contributed by atoms with Gasteiger partial charge in [0, 0.05) is 30.2 Å². The Morgan fingerprint density at radius 2 is 1.89 bits per heavy atom. The van der Waals surface area contributed by atoms with E-state index < -0.39 is 22.5 Å². The van der Waals surface area contributed by atoms with Crippen LogP contribution in [-0.2, 0) is 10.1 Å². The van der Waals surface area contributed by atoms with Crippen LogP contribution in [0.15, 0.2) is 40.0 Å². The SMILES string of the molecule is Nc1nc(N2CCC3(CC=C(C4CC4)[C@H]3N)CC2)cnc1Sc1ccnc(N)c1Cl.O=S(=O)(O)CCO. The van der Waals surface area contributed by atoms with Gasteiger partial charge >= 0.3 is 0 Å². The molecule has 2 fully saturated rings. The first-order valence-electron chi connectivity index (χ1n) is 12.0. The highest BCUT2D eigenvalue weighted by Crippen LogP contribution is 2.51. The lowest BCUT2D eigenvalue weighted by Gasteiger charge is -2.43. The van der Waals surface area contributed by atoms with Crippen molar-refractivity contribution in [2.75, 3.05) is 41.8 Å². The molecule has 14 heteroatoms. The summed E-state index contributed by atoms with van der Waals surface area (Å²) in [6.07, 6.45) is 11.7. The van der Waals surface area contributed by atoms with Crippen LogP contribution in [0.5, 0.6) is 0 Å². The van der Waals surface area contributed by atoms with E-state index in [1.165, 1.54) is 30.2 Å². The highest BCUT2D eigenvalue weighted by atomic mass is 35.5. The molecule has 0 unspecified atom stereocenters. The number of hydrogen-bond donors (Lipinski definition) is 5. The van der Waals surface area contributed by atoms with Crippen LogP contribution in [0.25, 0.3) is 0 Å². The van der Waals surface area contributed by atoms with Crippen LogP contribution in [0.2, 0.25) is 5.02 Å². The molecule has 1 spiro atoms. The van der Waals surface area contributed by atoms with Crippen LogP contribution < -0.4 is 22.1 Å². The van der Waals surface area contributed by atoms with Gasteiger partial charge in [-0.15, -0.1) is 0 Å². The number of pyridine rings is 1. The maximum absolute atomic E-state index is 9.63. The minimum atomic E-state index is -3.92. The van der Waals surface area contributed by atoms with Crippen LogP contribution >= 0.6 is 23.4 Å². The summed E-state index contributed by atoms with van der Waals surface area (Å²) < 4.78 is 27.1. The maximum Gasteiger partial charge on any atom is 0.267 e. The summed E-state index contributed by atoms with van der Waals surface area (Å²) >= 11 is 7.58. The second-order valence-electron chi connectivity index (χ2n) is 9.55. The molecular weight excluding hydrogens is 538 g/mol. The van der Waals surface area contributed by atoms with Gasteiger partial charge in [0.05, 0.1) is 23.6 Å². The van der Waals surface area contributed by atoms with Crippen molar-refractivity contribution in [2.45, 2.75) is 48.1 Å². The number of anilines is 3. The molecule has 0 amide bonds. The Balaban J connectivity index is 0.000000405. The number of piperidine rings is 1. The van der Waals surface area contributed by atoms with Crippen molar-refractivity contribution in [1.82, 2.24) is 15.0 Å². The average molecular weight is 570 g/mol. The Labute approximate surface area is 225 Å². The van der Waals surface area contributed by atoms with E-state index in [0.717, 1.165) is 49.0 Å². The molecule has 11 nitrogen and oxygen atoms in total. The minimum absolute atomic E-state index is 0.222. The summed E-state index contributed by atoms with van der Waals surface area (Å²) in [5.74, 6) is 1.68. The lowest BCUT2D eigenvalue weighted by molar-refractivity contribution is 0.203. The van der Waals surface area contributed by atoms with E-state index in [4.69, 9.17) is 38.5 Å². The van der Waals surface area contributed by atoms with Crippen LogP contribution in [0, 0.1) is 11.3 Å². The Hall–Kier alpha value is -2.16. The molecular formula is C23H32ClN7O4S2. The van der Waals surface area contributed by atoms with Gasteiger partial charge in [0.2, 0.25) is 0 Å². The highest BCUT2D eigenvalue weighted by molar-refractivity contribution is 7.99. The molecule has 2 aliphatic carbocycles. The van der Waals surface area contributed by atoms with Gasteiger partial charge in [-0.05, 0) is 49.5 Å². The summed E-state index contributed by atoms with van der Waals surface area (Å²) in [6, 6.07) is 2.01. The normalized spacial score (nSPS) is 20.9. The fourth-order valence-corrected chi connectivity index (χ4v) is 6.06. The van der Waals surface area contributed by atoms with Crippen molar-refractivity contribution >= 4 is 50.9 Å². The summed E-state index contributed by atoms with van der Waals surface area (Å²) in [5.41, 5.74) is 20.4. The first kappa shape index (κ1) is 27.9. The van der Waals surface area contributed by atoms with Gasteiger partial charge in [0.1, 0.15) is 16.7 Å².